The number of fused-ring (bicyclic) bond motifs is 1. The van der Waals surface area contributed by atoms with Crippen LogP contribution in [0.15, 0.2) is 52.4 Å². The molecule has 30 heavy (non-hydrogen) atoms. The van der Waals surface area contributed by atoms with Crippen LogP contribution in [0.4, 0.5) is 10.1 Å². The molecule has 0 radical (unpaired) electrons. The number of thiazole rings is 1. The molecular weight excluding hydrogens is 427 g/mol. The molecule has 0 bridgehead atoms. The SMILES string of the molecule is CC(C)Oc1cc2c(-c3nccs3)c(-c3ccc(F)cc3)oc2cc1NS(C)(=O)=O. The van der Waals surface area contributed by atoms with E-state index in [9.17, 15) is 12.8 Å². The van der Waals surface area contributed by atoms with Crippen molar-refractivity contribution in [2.24, 2.45) is 0 Å². The smallest absolute Gasteiger partial charge is 0.229 e. The highest BCUT2D eigenvalue weighted by molar-refractivity contribution is 7.92. The molecule has 2 aromatic heterocycles. The van der Waals surface area contributed by atoms with Gasteiger partial charge in [0.2, 0.25) is 10.0 Å². The van der Waals surface area contributed by atoms with Gasteiger partial charge in [0.15, 0.2) is 0 Å². The molecule has 4 rings (SSSR count). The number of nitrogens with zero attached hydrogens (tertiary/aromatic N) is 1. The van der Waals surface area contributed by atoms with Crippen LogP contribution in [0.25, 0.3) is 32.9 Å². The molecule has 0 aliphatic heterocycles. The Morgan fingerprint density at radius 1 is 1.20 bits per heavy atom. The third-order valence-electron chi connectivity index (χ3n) is 4.20. The van der Waals surface area contributed by atoms with Crippen LogP contribution in [0.5, 0.6) is 5.75 Å². The molecular formula is C21H19FN2O4S2. The summed E-state index contributed by atoms with van der Waals surface area (Å²) in [6.07, 6.45) is 2.59. The zero-order chi connectivity index (χ0) is 21.5. The van der Waals surface area contributed by atoms with E-state index in [0.29, 0.717) is 22.7 Å². The summed E-state index contributed by atoms with van der Waals surface area (Å²) in [4.78, 5) is 4.42. The highest BCUT2D eigenvalue weighted by Gasteiger charge is 2.23. The van der Waals surface area contributed by atoms with Crippen molar-refractivity contribution in [2.75, 3.05) is 11.0 Å². The van der Waals surface area contributed by atoms with E-state index in [4.69, 9.17) is 9.15 Å². The van der Waals surface area contributed by atoms with Crippen molar-refractivity contribution >= 4 is 38.0 Å². The van der Waals surface area contributed by atoms with Crippen molar-refractivity contribution in [3.05, 3.63) is 53.8 Å². The molecule has 0 aliphatic rings. The lowest BCUT2D eigenvalue weighted by molar-refractivity contribution is 0.244. The Bertz CT molecular complexity index is 1300. The summed E-state index contributed by atoms with van der Waals surface area (Å²) in [6, 6.07) is 9.32. The number of hydrogen-bond acceptors (Lipinski definition) is 6. The maximum atomic E-state index is 13.4. The Labute approximate surface area is 177 Å². The third-order valence-corrected chi connectivity index (χ3v) is 5.58. The highest BCUT2D eigenvalue weighted by Crippen LogP contribution is 2.45. The molecule has 2 aromatic carbocycles. The van der Waals surface area contributed by atoms with Gasteiger partial charge in [-0.2, -0.15) is 0 Å². The first-order valence-electron chi connectivity index (χ1n) is 9.12. The molecule has 0 atom stereocenters. The maximum Gasteiger partial charge on any atom is 0.229 e. The number of anilines is 1. The molecule has 1 N–H and O–H groups in total. The molecule has 0 saturated heterocycles. The number of ether oxygens (including phenoxy) is 1. The Morgan fingerprint density at radius 3 is 2.53 bits per heavy atom. The summed E-state index contributed by atoms with van der Waals surface area (Å²) in [7, 11) is -3.53. The third kappa shape index (κ3) is 4.17. The number of nitrogens with one attached hydrogen (secondary N) is 1. The number of sulfonamides is 1. The summed E-state index contributed by atoms with van der Waals surface area (Å²) < 4.78 is 51.6. The lowest BCUT2D eigenvalue weighted by Gasteiger charge is -2.15. The van der Waals surface area contributed by atoms with Crippen molar-refractivity contribution in [1.82, 2.24) is 4.98 Å². The normalized spacial score (nSPS) is 11.9. The molecule has 0 fully saturated rings. The van der Waals surface area contributed by atoms with Crippen molar-refractivity contribution < 1.29 is 22.0 Å². The predicted molar refractivity (Wildman–Crippen MR) is 117 cm³/mol. The van der Waals surface area contributed by atoms with Gasteiger partial charge in [0.05, 0.1) is 23.6 Å². The Morgan fingerprint density at radius 2 is 1.93 bits per heavy atom. The van der Waals surface area contributed by atoms with Crippen LogP contribution in [-0.2, 0) is 10.0 Å². The molecule has 156 valence electrons. The minimum Gasteiger partial charge on any atom is -0.489 e. The molecule has 6 nitrogen and oxygen atoms in total. The van der Waals surface area contributed by atoms with Gasteiger partial charge >= 0.3 is 0 Å². The number of rotatable bonds is 6. The van der Waals surface area contributed by atoms with E-state index in [0.717, 1.165) is 22.2 Å². The summed E-state index contributed by atoms with van der Waals surface area (Å²) in [6.45, 7) is 3.71. The number of hydrogen-bond donors (Lipinski definition) is 1. The van der Waals surface area contributed by atoms with Gasteiger partial charge in [0, 0.05) is 28.6 Å². The van der Waals surface area contributed by atoms with E-state index in [1.165, 1.54) is 23.5 Å². The summed E-state index contributed by atoms with van der Waals surface area (Å²) in [5.74, 6) is 0.553. The van der Waals surface area contributed by atoms with E-state index >= 15 is 0 Å². The van der Waals surface area contributed by atoms with E-state index in [2.05, 4.69) is 9.71 Å². The van der Waals surface area contributed by atoms with E-state index in [1.54, 1.807) is 30.5 Å². The summed E-state index contributed by atoms with van der Waals surface area (Å²) in [5.41, 5.74) is 2.17. The molecule has 4 aromatic rings. The van der Waals surface area contributed by atoms with Crippen LogP contribution in [-0.4, -0.2) is 25.8 Å². The van der Waals surface area contributed by atoms with Crippen LogP contribution >= 0.6 is 11.3 Å². The van der Waals surface area contributed by atoms with Crippen molar-refractivity contribution in [2.45, 2.75) is 20.0 Å². The monoisotopic (exact) mass is 446 g/mol. The van der Waals surface area contributed by atoms with Gasteiger partial charge in [-0.3, -0.25) is 4.72 Å². The lowest BCUT2D eigenvalue weighted by Crippen LogP contribution is -2.13. The molecule has 0 spiro atoms. The van der Waals surface area contributed by atoms with Crippen LogP contribution in [0.1, 0.15) is 13.8 Å². The fourth-order valence-corrected chi connectivity index (χ4v) is 4.37. The van der Waals surface area contributed by atoms with Crippen LogP contribution in [0, 0.1) is 5.82 Å². The summed E-state index contributed by atoms with van der Waals surface area (Å²) >= 11 is 1.44. The average molecular weight is 447 g/mol. The fraction of sp³-hybridized carbons (Fsp3) is 0.190. The fourth-order valence-electron chi connectivity index (χ4n) is 3.12. The molecule has 0 amide bonds. The van der Waals surface area contributed by atoms with E-state index < -0.39 is 10.0 Å². The molecule has 9 heteroatoms. The molecule has 0 unspecified atom stereocenters. The van der Waals surface area contributed by atoms with Crippen molar-refractivity contribution in [3.8, 4) is 27.6 Å². The second-order valence-electron chi connectivity index (χ2n) is 7.04. The summed E-state index contributed by atoms with van der Waals surface area (Å²) in [5, 5.41) is 3.31. The van der Waals surface area contributed by atoms with Crippen molar-refractivity contribution in [1.29, 1.82) is 0 Å². The largest absolute Gasteiger partial charge is 0.489 e. The van der Waals surface area contributed by atoms with Gasteiger partial charge in [0.25, 0.3) is 0 Å². The molecule has 2 heterocycles. The lowest BCUT2D eigenvalue weighted by atomic mass is 10.1. The van der Waals surface area contributed by atoms with Crippen molar-refractivity contribution in [3.63, 3.8) is 0 Å². The minimum absolute atomic E-state index is 0.172. The number of furan rings is 1. The quantitative estimate of drug-likeness (QED) is 0.422. The predicted octanol–water partition coefficient (Wildman–Crippen LogP) is 5.52. The van der Waals surface area contributed by atoms with Gasteiger partial charge in [0.1, 0.15) is 27.9 Å². The minimum atomic E-state index is -3.53. The maximum absolute atomic E-state index is 13.4. The highest BCUT2D eigenvalue weighted by atomic mass is 32.2. The Balaban J connectivity index is 2.00. The van der Waals surface area contributed by atoms with E-state index in [-0.39, 0.29) is 17.6 Å². The topological polar surface area (TPSA) is 81.4 Å². The standard InChI is InChI=1S/C21H19FN2O4S2/c1-12(2)27-18-10-15-17(11-16(18)24-30(3,25)26)28-20(13-4-6-14(22)7-5-13)19(15)21-23-8-9-29-21/h4-12,24H,1-3H3. The van der Waals surface area contributed by atoms with Crippen LogP contribution < -0.4 is 9.46 Å². The zero-order valence-electron chi connectivity index (χ0n) is 16.5. The number of aromatic nitrogens is 1. The van der Waals surface area contributed by atoms with Gasteiger partial charge in [-0.15, -0.1) is 11.3 Å². The van der Waals surface area contributed by atoms with Gasteiger partial charge in [-0.1, -0.05) is 0 Å². The zero-order valence-corrected chi connectivity index (χ0v) is 18.1. The first-order chi connectivity index (χ1) is 14.2. The van der Waals surface area contributed by atoms with Gasteiger partial charge in [-0.05, 0) is 44.2 Å². The Kier molecular flexibility index (Phi) is 5.25. The second-order valence-corrected chi connectivity index (χ2v) is 9.68. The van der Waals surface area contributed by atoms with Gasteiger partial charge < -0.3 is 9.15 Å². The van der Waals surface area contributed by atoms with Gasteiger partial charge in [-0.25, -0.2) is 17.8 Å². The second kappa shape index (κ2) is 7.73. The number of benzene rings is 2. The first kappa shape index (κ1) is 20.4. The molecule has 0 aliphatic carbocycles. The average Bonchev–Trinajstić information content (AvgIpc) is 3.28. The Hall–Kier alpha value is -2.91. The first-order valence-corrected chi connectivity index (χ1v) is 11.9. The molecule has 0 saturated carbocycles. The number of halogens is 1. The van der Waals surface area contributed by atoms with Crippen LogP contribution in [0.2, 0.25) is 0 Å². The van der Waals surface area contributed by atoms with E-state index in [1.807, 2.05) is 19.2 Å². The van der Waals surface area contributed by atoms with Crippen LogP contribution in [0.3, 0.4) is 0 Å².